The van der Waals surface area contributed by atoms with Gasteiger partial charge in [0, 0.05) is 25.1 Å². The summed E-state index contributed by atoms with van der Waals surface area (Å²) in [5, 5.41) is 0. The van der Waals surface area contributed by atoms with Gasteiger partial charge in [0.05, 0.1) is 15.5 Å². The van der Waals surface area contributed by atoms with Crippen LogP contribution in [0.5, 0.6) is 0 Å². The Labute approximate surface area is 152 Å². The largest absolute Gasteiger partial charge is 0.367 e. The number of hydrogen-bond donors (Lipinski definition) is 0. The zero-order valence-corrected chi connectivity index (χ0v) is 17.2. The van der Waals surface area contributed by atoms with Crippen molar-refractivity contribution in [1.82, 2.24) is 0 Å². The maximum atomic E-state index is 12.3. The quantitative estimate of drug-likeness (QED) is 0.749. The first-order chi connectivity index (χ1) is 11.5. The van der Waals surface area contributed by atoms with Gasteiger partial charge >= 0.3 is 0 Å². The van der Waals surface area contributed by atoms with Gasteiger partial charge in [0.15, 0.2) is 19.7 Å². The summed E-state index contributed by atoms with van der Waals surface area (Å²) >= 11 is 0. The number of hydrogen-bond acceptors (Lipinski definition) is 5. The molecule has 1 unspecified atom stereocenters. The standard InChI is InChI=1S/C18H29NO4S2/c1-14(2)8-9-15-7-5-6-12-19(15)17-11-10-16(24(3,20)21)13-18(17)25(4,22)23/h10-11,13-15H,5-9,12H2,1-4H3. The van der Waals surface area contributed by atoms with Gasteiger partial charge in [0.1, 0.15) is 0 Å². The van der Waals surface area contributed by atoms with Gasteiger partial charge in [-0.2, -0.15) is 0 Å². The highest BCUT2D eigenvalue weighted by Gasteiger charge is 2.28. The maximum Gasteiger partial charge on any atom is 0.177 e. The van der Waals surface area contributed by atoms with Gasteiger partial charge in [-0.15, -0.1) is 0 Å². The summed E-state index contributed by atoms with van der Waals surface area (Å²) in [6.07, 6.45) is 7.57. The van der Waals surface area contributed by atoms with E-state index in [2.05, 4.69) is 18.7 Å². The summed E-state index contributed by atoms with van der Waals surface area (Å²) in [7, 11) is -6.98. The van der Waals surface area contributed by atoms with E-state index in [0.717, 1.165) is 51.2 Å². The third-order valence-corrected chi connectivity index (χ3v) is 7.01. The summed E-state index contributed by atoms with van der Waals surface area (Å²) in [5.74, 6) is 0.603. The van der Waals surface area contributed by atoms with E-state index in [0.29, 0.717) is 17.6 Å². The first-order valence-electron chi connectivity index (χ1n) is 8.81. The Balaban J connectivity index is 2.48. The minimum Gasteiger partial charge on any atom is -0.367 e. The van der Waals surface area contributed by atoms with Gasteiger partial charge in [0.25, 0.3) is 0 Å². The lowest BCUT2D eigenvalue weighted by atomic mass is 9.94. The molecule has 1 heterocycles. The van der Waals surface area contributed by atoms with Crippen molar-refractivity contribution in [3.05, 3.63) is 18.2 Å². The highest BCUT2D eigenvalue weighted by molar-refractivity contribution is 7.91. The van der Waals surface area contributed by atoms with Gasteiger partial charge in [0.2, 0.25) is 0 Å². The molecule has 1 aliphatic heterocycles. The van der Waals surface area contributed by atoms with Crippen molar-refractivity contribution in [3.63, 3.8) is 0 Å². The average Bonchev–Trinajstić information content (AvgIpc) is 2.51. The Bertz CT molecular complexity index is 813. The zero-order valence-electron chi connectivity index (χ0n) is 15.5. The van der Waals surface area contributed by atoms with E-state index in [1.807, 2.05) is 0 Å². The summed E-state index contributed by atoms with van der Waals surface area (Å²) in [6.45, 7) is 5.19. The molecule has 1 aromatic rings. The van der Waals surface area contributed by atoms with Gasteiger partial charge < -0.3 is 4.90 Å². The molecule has 0 spiro atoms. The SMILES string of the molecule is CC(C)CCC1CCCCN1c1ccc(S(C)(=O)=O)cc1S(C)(=O)=O. The molecule has 1 saturated heterocycles. The second kappa shape index (κ2) is 7.66. The molecule has 0 aliphatic carbocycles. The molecule has 1 aromatic carbocycles. The van der Waals surface area contributed by atoms with Crippen molar-refractivity contribution >= 4 is 25.4 Å². The Morgan fingerprint density at radius 2 is 1.76 bits per heavy atom. The first-order valence-corrected chi connectivity index (χ1v) is 12.6. The molecule has 1 fully saturated rings. The normalized spacial score (nSPS) is 19.4. The van der Waals surface area contributed by atoms with Crippen molar-refractivity contribution in [2.45, 2.75) is 61.8 Å². The fourth-order valence-electron chi connectivity index (χ4n) is 3.40. The molecule has 0 N–H and O–H groups in total. The summed E-state index contributed by atoms with van der Waals surface area (Å²) in [5.41, 5.74) is 0.642. The van der Waals surface area contributed by atoms with E-state index in [1.165, 1.54) is 12.1 Å². The molecule has 0 saturated carbocycles. The van der Waals surface area contributed by atoms with Crippen LogP contribution in [0.1, 0.15) is 46.0 Å². The van der Waals surface area contributed by atoms with Crippen LogP contribution in [-0.4, -0.2) is 41.9 Å². The first kappa shape index (κ1) is 20.2. The van der Waals surface area contributed by atoms with Crippen LogP contribution < -0.4 is 4.90 Å². The fourth-order valence-corrected chi connectivity index (χ4v) is 5.03. The maximum absolute atomic E-state index is 12.3. The summed E-state index contributed by atoms with van der Waals surface area (Å²) in [4.78, 5) is 2.34. The van der Waals surface area contributed by atoms with Crippen LogP contribution in [0.2, 0.25) is 0 Å². The van der Waals surface area contributed by atoms with Crippen molar-refractivity contribution < 1.29 is 16.8 Å². The summed E-state index contributed by atoms with van der Waals surface area (Å²) in [6, 6.07) is 4.81. The second-order valence-electron chi connectivity index (χ2n) is 7.49. The van der Waals surface area contributed by atoms with Gasteiger partial charge in [-0.3, -0.25) is 0 Å². The fraction of sp³-hybridized carbons (Fsp3) is 0.667. The molecule has 7 heteroatoms. The number of rotatable bonds is 6. The minimum absolute atomic E-state index is 0.0485. The minimum atomic E-state index is -3.53. The molecule has 5 nitrogen and oxygen atoms in total. The lowest BCUT2D eigenvalue weighted by Crippen LogP contribution is -2.40. The molecule has 25 heavy (non-hydrogen) atoms. The van der Waals surface area contributed by atoms with E-state index in [4.69, 9.17) is 0 Å². The van der Waals surface area contributed by atoms with Gasteiger partial charge in [-0.1, -0.05) is 13.8 Å². The predicted molar refractivity (Wildman–Crippen MR) is 102 cm³/mol. The molecular weight excluding hydrogens is 358 g/mol. The molecule has 0 aromatic heterocycles. The average molecular weight is 388 g/mol. The van der Waals surface area contributed by atoms with Crippen LogP contribution in [0.15, 0.2) is 28.0 Å². The number of piperidine rings is 1. The van der Waals surface area contributed by atoms with Crippen LogP contribution in [0.3, 0.4) is 0 Å². The van der Waals surface area contributed by atoms with E-state index >= 15 is 0 Å². The number of anilines is 1. The number of nitrogens with zero attached hydrogens (tertiary/aromatic N) is 1. The number of benzene rings is 1. The third kappa shape index (κ3) is 5.20. The number of sulfone groups is 2. The van der Waals surface area contributed by atoms with E-state index in [-0.39, 0.29) is 9.79 Å². The highest BCUT2D eigenvalue weighted by Crippen LogP contribution is 2.34. The second-order valence-corrected chi connectivity index (χ2v) is 11.5. The third-order valence-electron chi connectivity index (χ3n) is 4.77. The van der Waals surface area contributed by atoms with Gasteiger partial charge in [-0.05, 0) is 56.2 Å². The van der Waals surface area contributed by atoms with Crippen molar-refractivity contribution in [2.75, 3.05) is 24.0 Å². The Morgan fingerprint density at radius 3 is 2.32 bits per heavy atom. The monoisotopic (exact) mass is 387 g/mol. The lowest BCUT2D eigenvalue weighted by Gasteiger charge is -2.39. The molecule has 0 amide bonds. The molecule has 0 radical (unpaired) electrons. The van der Waals surface area contributed by atoms with E-state index in [1.54, 1.807) is 6.07 Å². The summed E-state index contributed by atoms with van der Waals surface area (Å²) < 4.78 is 48.3. The van der Waals surface area contributed by atoms with Crippen LogP contribution in [-0.2, 0) is 19.7 Å². The van der Waals surface area contributed by atoms with Crippen LogP contribution in [0.25, 0.3) is 0 Å². The van der Waals surface area contributed by atoms with E-state index < -0.39 is 19.7 Å². The van der Waals surface area contributed by atoms with Crippen LogP contribution in [0.4, 0.5) is 5.69 Å². The lowest BCUT2D eigenvalue weighted by molar-refractivity contribution is 0.402. The Morgan fingerprint density at radius 1 is 1.08 bits per heavy atom. The van der Waals surface area contributed by atoms with Crippen molar-refractivity contribution in [1.29, 1.82) is 0 Å². The topological polar surface area (TPSA) is 71.5 Å². The molecule has 0 bridgehead atoms. The van der Waals surface area contributed by atoms with Gasteiger partial charge in [-0.25, -0.2) is 16.8 Å². The van der Waals surface area contributed by atoms with Crippen LogP contribution in [0, 0.1) is 5.92 Å². The molecule has 142 valence electrons. The molecule has 1 aliphatic rings. The Hall–Kier alpha value is -1.08. The van der Waals surface area contributed by atoms with Crippen molar-refractivity contribution in [3.8, 4) is 0 Å². The smallest absolute Gasteiger partial charge is 0.177 e. The highest BCUT2D eigenvalue weighted by atomic mass is 32.2. The molecule has 1 atom stereocenters. The molecular formula is C18H29NO4S2. The van der Waals surface area contributed by atoms with Crippen molar-refractivity contribution in [2.24, 2.45) is 5.92 Å². The van der Waals surface area contributed by atoms with Crippen LogP contribution >= 0.6 is 0 Å². The Kier molecular flexibility index (Phi) is 6.20. The van der Waals surface area contributed by atoms with E-state index in [9.17, 15) is 16.8 Å². The zero-order chi connectivity index (χ0) is 18.8. The molecule has 2 rings (SSSR count). The predicted octanol–water partition coefficient (Wildman–Crippen LogP) is 3.29.